The normalized spacial score (nSPS) is 13.9. The molecule has 0 radical (unpaired) electrons. The van der Waals surface area contributed by atoms with Crippen molar-refractivity contribution in [2.75, 3.05) is 0 Å². The fraction of sp³-hybridized carbons (Fsp3) is 0.143. The van der Waals surface area contributed by atoms with Crippen molar-refractivity contribution in [3.8, 4) is 11.4 Å². The highest BCUT2D eigenvalue weighted by Crippen LogP contribution is 2.42. The SMILES string of the molecule is CC(C)(C)c1ccc([C@@H](N)[C@@H](c2ccccc2)C(N)c2cccc(-n3c4ccccc4c4cc5c6ccccc6n(-c6ccccc6)c5cc43)c2)cc1. The first-order valence-corrected chi connectivity index (χ1v) is 18.6. The lowest BCUT2D eigenvalue weighted by atomic mass is 9.79. The number of hydrogen-bond donors (Lipinski definition) is 2. The third-order valence-electron chi connectivity index (χ3n) is 11.1. The van der Waals surface area contributed by atoms with Crippen LogP contribution in [0.5, 0.6) is 0 Å². The van der Waals surface area contributed by atoms with Crippen molar-refractivity contribution < 1.29 is 0 Å². The molecule has 4 heteroatoms. The molecule has 0 aliphatic heterocycles. The molecule has 0 bridgehead atoms. The van der Waals surface area contributed by atoms with Crippen LogP contribution in [0, 0.1) is 0 Å². The average Bonchev–Trinajstić information content (AvgIpc) is 3.69. The van der Waals surface area contributed by atoms with Crippen molar-refractivity contribution in [3.05, 3.63) is 192 Å². The summed E-state index contributed by atoms with van der Waals surface area (Å²) < 4.78 is 4.79. The highest BCUT2D eigenvalue weighted by atomic mass is 15.0. The number of fused-ring (bicyclic) bond motifs is 6. The number of benzene rings is 7. The van der Waals surface area contributed by atoms with E-state index in [2.05, 4.69) is 194 Å². The maximum Gasteiger partial charge on any atom is 0.0562 e. The Hall–Kier alpha value is -5.94. The fourth-order valence-electron chi connectivity index (χ4n) is 8.37. The first-order chi connectivity index (χ1) is 25.8. The predicted octanol–water partition coefficient (Wildman–Crippen LogP) is 11.7. The molecule has 4 nitrogen and oxygen atoms in total. The second-order valence-electron chi connectivity index (χ2n) is 15.4. The van der Waals surface area contributed by atoms with E-state index in [1.807, 2.05) is 6.07 Å². The average molecular weight is 689 g/mol. The van der Waals surface area contributed by atoms with Crippen LogP contribution in [-0.4, -0.2) is 9.13 Å². The molecule has 0 fully saturated rings. The number of nitrogens with two attached hydrogens (primary N) is 2. The summed E-state index contributed by atoms with van der Waals surface area (Å²) in [5.41, 5.74) is 26.1. The summed E-state index contributed by atoms with van der Waals surface area (Å²) >= 11 is 0. The van der Waals surface area contributed by atoms with Gasteiger partial charge in [0, 0.05) is 50.9 Å². The van der Waals surface area contributed by atoms with Gasteiger partial charge >= 0.3 is 0 Å². The van der Waals surface area contributed by atoms with E-state index in [4.69, 9.17) is 11.5 Å². The summed E-state index contributed by atoms with van der Waals surface area (Å²) in [5.74, 6) is -0.147. The molecular weight excluding hydrogens is 645 g/mol. The molecule has 2 heterocycles. The molecular formula is C49H44N4. The van der Waals surface area contributed by atoms with Gasteiger partial charge in [-0.1, -0.05) is 142 Å². The zero-order chi connectivity index (χ0) is 36.3. The van der Waals surface area contributed by atoms with Crippen molar-refractivity contribution in [1.29, 1.82) is 0 Å². The summed E-state index contributed by atoms with van der Waals surface area (Å²) in [6, 6.07) is 60.2. The highest BCUT2D eigenvalue weighted by molar-refractivity contribution is 6.19. The second-order valence-corrected chi connectivity index (χ2v) is 15.4. The molecule has 4 N–H and O–H groups in total. The van der Waals surface area contributed by atoms with E-state index in [-0.39, 0.29) is 23.4 Å². The van der Waals surface area contributed by atoms with Gasteiger partial charge in [0.1, 0.15) is 0 Å². The van der Waals surface area contributed by atoms with Crippen LogP contribution >= 0.6 is 0 Å². The minimum Gasteiger partial charge on any atom is -0.323 e. The van der Waals surface area contributed by atoms with Crippen LogP contribution < -0.4 is 11.5 Å². The lowest BCUT2D eigenvalue weighted by molar-refractivity contribution is 0.468. The van der Waals surface area contributed by atoms with Gasteiger partial charge < -0.3 is 20.6 Å². The van der Waals surface area contributed by atoms with Crippen molar-refractivity contribution in [3.63, 3.8) is 0 Å². The zero-order valence-corrected chi connectivity index (χ0v) is 30.4. The largest absolute Gasteiger partial charge is 0.323 e. The third-order valence-corrected chi connectivity index (χ3v) is 11.1. The maximum absolute atomic E-state index is 7.37. The lowest BCUT2D eigenvalue weighted by Crippen LogP contribution is -2.30. The number of hydrogen-bond acceptors (Lipinski definition) is 2. The molecule has 0 aliphatic carbocycles. The fourth-order valence-corrected chi connectivity index (χ4v) is 8.37. The molecule has 7 aromatic carbocycles. The van der Waals surface area contributed by atoms with Gasteiger partial charge in [0.25, 0.3) is 0 Å². The first-order valence-electron chi connectivity index (χ1n) is 18.6. The number of para-hydroxylation sites is 3. The Kier molecular flexibility index (Phi) is 8.03. The summed E-state index contributed by atoms with van der Waals surface area (Å²) in [6.45, 7) is 6.71. The first kappa shape index (κ1) is 32.9. The molecule has 0 aliphatic rings. The monoisotopic (exact) mass is 688 g/mol. The van der Waals surface area contributed by atoms with E-state index >= 15 is 0 Å². The summed E-state index contributed by atoms with van der Waals surface area (Å²) in [7, 11) is 0. The van der Waals surface area contributed by atoms with E-state index < -0.39 is 0 Å². The molecule has 3 atom stereocenters. The quantitative estimate of drug-likeness (QED) is 0.175. The van der Waals surface area contributed by atoms with E-state index in [0.717, 1.165) is 39.1 Å². The molecule has 0 amide bonds. The van der Waals surface area contributed by atoms with Gasteiger partial charge in [-0.2, -0.15) is 0 Å². The molecule has 1 unspecified atom stereocenters. The van der Waals surface area contributed by atoms with Crippen LogP contribution in [0.4, 0.5) is 0 Å². The number of aromatic nitrogens is 2. The summed E-state index contributed by atoms with van der Waals surface area (Å²) in [4.78, 5) is 0. The molecule has 0 saturated carbocycles. The van der Waals surface area contributed by atoms with Gasteiger partial charge in [0.2, 0.25) is 0 Å². The van der Waals surface area contributed by atoms with E-state index in [1.54, 1.807) is 0 Å². The standard InChI is InChI=1S/C49H44N4/c1-49(2,3)35-27-25-33(26-28-35)47(50)46(32-15-6-4-7-16-32)48(51)34-17-14-20-37(29-34)53-43-24-13-11-22-39(43)41-30-40-38-21-10-12-23-42(38)52(44(40)31-45(41)53)36-18-8-5-9-19-36/h4-31,46-48H,50-51H2,1-3H3/t46-,47-,48?/m1/s1. The van der Waals surface area contributed by atoms with Crippen molar-refractivity contribution >= 4 is 43.6 Å². The smallest absolute Gasteiger partial charge is 0.0562 e. The Morgan fingerprint density at radius 3 is 1.49 bits per heavy atom. The minimum atomic E-state index is -0.352. The van der Waals surface area contributed by atoms with Gasteiger partial charge in [-0.25, -0.2) is 0 Å². The third kappa shape index (κ3) is 5.63. The number of nitrogens with zero attached hydrogens (tertiary/aromatic N) is 2. The molecule has 0 saturated heterocycles. The van der Waals surface area contributed by atoms with Gasteiger partial charge in [-0.15, -0.1) is 0 Å². The van der Waals surface area contributed by atoms with Gasteiger partial charge in [-0.3, -0.25) is 0 Å². The zero-order valence-electron chi connectivity index (χ0n) is 30.4. The maximum atomic E-state index is 7.37. The molecule has 53 heavy (non-hydrogen) atoms. The molecule has 9 aromatic rings. The van der Waals surface area contributed by atoms with Crippen LogP contribution in [0.1, 0.15) is 61.0 Å². The number of rotatable bonds is 7. The minimum absolute atomic E-state index is 0.0645. The topological polar surface area (TPSA) is 61.9 Å². The Morgan fingerprint density at radius 2 is 0.887 bits per heavy atom. The van der Waals surface area contributed by atoms with Gasteiger partial charge in [0.05, 0.1) is 22.1 Å². The predicted molar refractivity (Wildman–Crippen MR) is 223 cm³/mol. The van der Waals surface area contributed by atoms with Gasteiger partial charge in [-0.05, 0) is 76.2 Å². The molecule has 0 spiro atoms. The van der Waals surface area contributed by atoms with E-state index in [0.29, 0.717) is 0 Å². The van der Waals surface area contributed by atoms with Crippen LogP contribution in [0.15, 0.2) is 170 Å². The van der Waals surface area contributed by atoms with Crippen LogP contribution in [-0.2, 0) is 5.41 Å². The van der Waals surface area contributed by atoms with E-state index in [9.17, 15) is 0 Å². The Balaban J connectivity index is 1.21. The van der Waals surface area contributed by atoms with Crippen LogP contribution in [0.25, 0.3) is 55.0 Å². The lowest BCUT2D eigenvalue weighted by Gasteiger charge is -2.31. The molecule has 260 valence electrons. The highest BCUT2D eigenvalue weighted by Gasteiger charge is 2.30. The van der Waals surface area contributed by atoms with Crippen LogP contribution in [0.3, 0.4) is 0 Å². The Labute approximate surface area is 310 Å². The van der Waals surface area contributed by atoms with Crippen molar-refractivity contribution in [2.24, 2.45) is 11.5 Å². The summed E-state index contributed by atoms with van der Waals surface area (Å²) in [5, 5.41) is 4.93. The van der Waals surface area contributed by atoms with Crippen LogP contribution in [0.2, 0.25) is 0 Å². The van der Waals surface area contributed by atoms with Crippen molar-refractivity contribution in [1.82, 2.24) is 9.13 Å². The van der Waals surface area contributed by atoms with Gasteiger partial charge in [0.15, 0.2) is 0 Å². The Bertz CT molecular complexity index is 2730. The molecule has 9 rings (SSSR count). The summed E-state index contributed by atoms with van der Waals surface area (Å²) in [6.07, 6.45) is 0. The molecule has 2 aromatic heterocycles. The second kappa shape index (κ2) is 12.9. The Morgan fingerprint density at radius 1 is 0.396 bits per heavy atom. The van der Waals surface area contributed by atoms with Crippen molar-refractivity contribution in [2.45, 2.75) is 44.2 Å². The van der Waals surface area contributed by atoms with E-state index in [1.165, 1.54) is 38.1 Å².